The lowest BCUT2D eigenvalue weighted by molar-refractivity contribution is 0.0953. The Hall–Kier alpha value is -3.31. The number of benzene rings is 3. The Morgan fingerprint density at radius 3 is 2.62 bits per heavy atom. The molecule has 3 aromatic carbocycles. The average Bonchev–Trinajstić information content (AvgIpc) is 3.19. The first-order valence-corrected chi connectivity index (χ1v) is 12.1. The first-order chi connectivity index (χ1) is 16.5. The maximum atomic E-state index is 12.4. The van der Waals surface area contributed by atoms with E-state index in [0.29, 0.717) is 18.7 Å². The highest BCUT2D eigenvalue weighted by Crippen LogP contribution is 2.22. The molecule has 4 rings (SSSR count). The average molecular weight is 476 g/mol. The van der Waals surface area contributed by atoms with Gasteiger partial charge in [-0.1, -0.05) is 41.4 Å². The molecule has 0 bridgehead atoms. The number of nitrogens with zero attached hydrogens (tertiary/aromatic N) is 2. The predicted octanol–water partition coefficient (Wildman–Crippen LogP) is 6.14. The Morgan fingerprint density at radius 1 is 1.03 bits per heavy atom. The van der Waals surface area contributed by atoms with E-state index in [9.17, 15) is 4.79 Å². The van der Waals surface area contributed by atoms with Crippen LogP contribution in [0.1, 0.15) is 40.2 Å². The normalized spacial score (nSPS) is 11.0. The number of nitrogens with one attached hydrogen (secondary N) is 1. The first-order valence-electron chi connectivity index (χ1n) is 11.7. The molecule has 0 aliphatic carbocycles. The van der Waals surface area contributed by atoms with E-state index in [1.807, 2.05) is 74.5 Å². The number of imidazole rings is 1. The molecule has 5 nitrogen and oxygen atoms in total. The maximum absolute atomic E-state index is 12.4. The molecule has 0 atom stereocenters. The van der Waals surface area contributed by atoms with Crippen molar-refractivity contribution in [2.24, 2.45) is 0 Å². The molecule has 0 spiro atoms. The second-order valence-corrected chi connectivity index (χ2v) is 8.91. The second-order valence-electron chi connectivity index (χ2n) is 8.51. The number of aryl methyl sites for hydroxylation is 4. The Bertz CT molecular complexity index is 1260. The summed E-state index contributed by atoms with van der Waals surface area (Å²) in [5, 5.41) is 3.76. The van der Waals surface area contributed by atoms with Gasteiger partial charge in [0.25, 0.3) is 5.91 Å². The van der Waals surface area contributed by atoms with E-state index in [1.165, 1.54) is 0 Å². The Kier molecular flexibility index (Phi) is 7.86. The lowest BCUT2D eigenvalue weighted by atomic mass is 10.1. The van der Waals surface area contributed by atoms with Crippen molar-refractivity contribution in [2.45, 2.75) is 39.7 Å². The van der Waals surface area contributed by atoms with E-state index < -0.39 is 0 Å². The number of hydrogen-bond acceptors (Lipinski definition) is 3. The summed E-state index contributed by atoms with van der Waals surface area (Å²) in [4.78, 5) is 17.2. The number of fused-ring (bicyclic) bond motifs is 1. The van der Waals surface area contributed by atoms with Gasteiger partial charge >= 0.3 is 0 Å². The van der Waals surface area contributed by atoms with Gasteiger partial charge in [-0.3, -0.25) is 4.79 Å². The van der Waals surface area contributed by atoms with E-state index in [1.54, 1.807) is 0 Å². The van der Waals surface area contributed by atoms with Crippen molar-refractivity contribution < 1.29 is 9.53 Å². The zero-order valence-corrected chi connectivity index (χ0v) is 20.4. The molecule has 0 saturated heterocycles. The molecule has 4 aromatic rings. The Labute approximate surface area is 205 Å². The van der Waals surface area contributed by atoms with Crippen LogP contribution in [0.25, 0.3) is 11.0 Å². The predicted molar refractivity (Wildman–Crippen MR) is 138 cm³/mol. The van der Waals surface area contributed by atoms with Crippen molar-refractivity contribution in [1.29, 1.82) is 0 Å². The molecule has 176 valence electrons. The minimum atomic E-state index is -0.0388. The van der Waals surface area contributed by atoms with Crippen molar-refractivity contribution in [2.75, 3.05) is 13.2 Å². The lowest BCUT2D eigenvalue weighted by Crippen LogP contribution is -2.25. The summed E-state index contributed by atoms with van der Waals surface area (Å²) in [5.74, 6) is 1.83. The standard InChI is InChI=1S/C28H30ClN3O2/c1-20-10-12-22(13-11-20)28(33)30-16-5-9-27-31-25-7-3-4-8-26(25)32(27)17-6-18-34-23-14-15-24(29)21(2)19-23/h3-4,7-8,10-15,19H,5-6,9,16-18H2,1-2H3,(H,30,33). The van der Waals surface area contributed by atoms with Gasteiger partial charge in [0.1, 0.15) is 11.6 Å². The number of hydrogen-bond donors (Lipinski definition) is 1. The zero-order chi connectivity index (χ0) is 23.9. The molecule has 0 radical (unpaired) electrons. The van der Waals surface area contributed by atoms with Crippen LogP contribution in [0.3, 0.4) is 0 Å². The van der Waals surface area contributed by atoms with Gasteiger partial charge in [-0.15, -0.1) is 0 Å². The fourth-order valence-electron chi connectivity index (χ4n) is 3.94. The maximum Gasteiger partial charge on any atom is 0.251 e. The van der Waals surface area contributed by atoms with Crippen molar-refractivity contribution >= 4 is 28.5 Å². The smallest absolute Gasteiger partial charge is 0.251 e. The quantitative estimate of drug-likeness (QED) is 0.280. The number of amides is 1. The van der Waals surface area contributed by atoms with Crippen molar-refractivity contribution in [3.63, 3.8) is 0 Å². The van der Waals surface area contributed by atoms with Crippen LogP contribution in [0.4, 0.5) is 0 Å². The molecule has 1 heterocycles. The fourth-order valence-corrected chi connectivity index (χ4v) is 4.06. The van der Waals surface area contributed by atoms with Gasteiger partial charge in [0, 0.05) is 30.1 Å². The molecule has 0 fully saturated rings. The van der Waals surface area contributed by atoms with Crippen molar-refractivity contribution in [1.82, 2.24) is 14.9 Å². The summed E-state index contributed by atoms with van der Waals surface area (Å²) in [7, 11) is 0. The number of ether oxygens (including phenoxy) is 1. The van der Waals surface area contributed by atoms with Crippen LogP contribution in [0.15, 0.2) is 66.7 Å². The van der Waals surface area contributed by atoms with Crippen molar-refractivity contribution in [3.05, 3.63) is 94.3 Å². The SMILES string of the molecule is Cc1ccc(C(=O)NCCCc2nc3ccccc3n2CCCOc2ccc(Cl)c(C)c2)cc1. The van der Waals surface area contributed by atoms with Crippen LogP contribution in [-0.4, -0.2) is 28.6 Å². The van der Waals surface area contributed by atoms with E-state index in [2.05, 4.69) is 16.0 Å². The molecule has 1 N–H and O–H groups in total. The van der Waals surface area contributed by atoms with Crippen LogP contribution >= 0.6 is 11.6 Å². The second kappa shape index (κ2) is 11.2. The van der Waals surface area contributed by atoms with Gasteiger partial charge < -0.3 is 14.6 Å². The number of halogens is 1. The van der Waals surface area contributed by atoms with Crippen LogP contribution in [0.2, 0.25) is 5.02 Å². The third kappa shape index (κ3) is 5.97. The van der Waals surface area contributed by atoms with E-state index in [0.717, 1.165) is 64.6 Å². The molecule has 6 heteroatoms. The number of rotatable bonds is 10. The van der Waals surface area contributed by atoms with Crippen LogP contribution in [-0.2, 0) is 13.0 Å². The number of carbonyl (C=O) groups is 1. The molecule has 0 aliphatic rings. The molecule has 34 heavy (non-hydrogen) atoms. The number of carbonyl (C=O) groups excluding carboxylic acids is 1. The lowest BCUT2D eigenvalue weighted by Gasteiger charge is -2.11. The summed E-state index contributed by atoms with van der Waals surface area (Å²) < 4.78 is 8.20. The summed E-state index contributed by atoms with van der Waals surface area (Å²) in [6.07, 6.45) is 2.47. The highest BCUT2D eigenvalue weighted by Gasteiger charge is 2.11. The van der Waals surface area contributed by atoms with Crippen molar-refractivity contribution in [3.8, 4) is 5.75 Å². The molecular formula is C28H30ClN3O2. The molecule has 0 unspecified atom stereocenters. The zero-order valence-electron chi connectivity index (χ0n) is 19.7. The Morgan fingerprint density at radius 2 is 1.82 bits per heavy atom. The third-order valence-corrected chi connectivity index (χ3v) is 6.26. The number of para-hydroxylation sites is 2. The van der Waals surface area contributed by atoms with Crippen LogP contribution in [0, 0.1) is 13.8 Å². The number of aromatic nitrogens is 2. The molecule has 1 amide bonds. The van der Waals surface area contributed by atoms with Gasteiger partial charge in [0.2, 0.25) is 0 Å². The third-order valence-electron chi connectivity index (χ3n) is 5.83. The molecule has 1 aromatic heterocycles. The van der Waals surface area contributed by atoms with Crippen LogP contribution in [0.5, 0.6) is 5.75 Å². The topological polar surface area (TPSA) is 56.2 Å². The summed E-state index contributed by atoms with van der Waals surface area (Å²) in [5.41, 5.74) is 4.97. The first kappa shape index (κ1) is 23.8. The van der Waals surface area contributed by atoms with Gasteiger partial charge in [0.15, 0.2) is 0 Å². The molecular weight excluding hydrogens is 446 g/mol. The molecule has 0 saturated carbocycles. The van der Waals surface area contributed by atoms with Gasteiger partial charge in [-0.05, 0) is 74.7 Å². The minimum absolute atomic E-state index is 0.0388. The van der Waals surface area contributed by atoms with E-state index in [-0.39, 0.29) is 5.91 Å². The summed E-state index contributed by atoms with van der Waals surface area (Å²) in [6, 6.07) is 21.6. The summed E-state index contributed by atoms with van der Waals surface area (Å²) >= 11 is 6.10. The van der Waals surface area contributed by atoms with E-state index >= 15 is 0 Å². The monoisotopic (exact) mass is 475 g/mol. The van der Waals surface area contributed by atoms with Gasteiger partial charge in [-0.2, -0.15) is 0 Å². The highest BCUT2D eigenvalue weighted by molar-refractivity contribution is 6.31. The van der Waals surface area contributed by atoms with Crippen LogP contribution < -0.4 is 10.1 Å². The van der Waals surface area contributed by atoms with Gasteiger partial charge in [-0.25, -0.2) is 4.98 Å². The minimum Gasteiger partial charge on any atom is -0.494 e. The summed E-state index contributed by atoms with van der Waals surface area (Å²) in [6.45, 7) is 6.02. The largest absolute Gasteiger partial charge is 0.494 e. The highest BCUT2D eigenvalue weighted by atomic mass is 35.5. The fraction of sp³-hybridized carbons (Fsp3) is 0.286. The molecule has 0 aliphatic heterocycles. The Balaban J connectivity index is 1.32. The van der Waals surface area contributed by atoms with E-state index in [4.69, 9.17) is 21.3 Å². The van der Waals surface area contributed by atoms with Gasteiger partial charge in [0.05, 0.1) is 17.6 Å².